The van der Waals surface area contributed by atoms with E-state index in [0.717, 1.165) is 24.8 Å². The number of benzene rings is 1. The first-order valence-electron chi connectivity index (χ1n) is 7.15. The van der Waals surface area contributed by atoms with Crippen LogP contribution in [0.1, 0.15) is 42.1 Å². The van der Waals surface area contributed by atoms with Crippen LogP contribution in [-0.2, 0) is 16.0 Å². The maximum absolute atomic E-state index is 12.7. The molecule has 4 heteroatoms. The van der Waals surface area contributed by atoms with Crippen molar-refractivity contribution in [2.24, 2.45) is 0 Å². The summed E-state index contributed by atoms with van der Waals surface area (Å²) in [5, 5.41) is 0. The number of rotatable bonds is 3. The van der Waals surface area contributed by atoms with Crippen LogP contribution in [0, 0.1) is 0 Å². The Bertz CT molecular complexity index is 498. The van der Waals surface area contributed by atoms with E-state index in [2.05, 4.69) is 0 Å². The van der Waals surface area contributed by atoms with Crippen molar-refractivity contribution in [3.8, 4) is 0 Å². The molecule has 1 aromatic rings. The average Bonchev–Trinajstić information content (AvgIpc) is 2.53. The number of carbonyl (C=O) groups is 2. The van der Waals surface area contributed by atoms with Gasteiger partial charge < -0.3 is 9.64 Å². The molecule has 20 heavy (non-hydrogen) atoms. The van der Waals surface area contributed by atoms with Crippen molar-refractivity contribution in [3.05, 3.63) is 35.4 Å². The van der Waals surface area contributed by atoms with Crippen molar-refractivity contribution >= 4 is 11.9 Å². The molecule has 0 aromatic heterocycles. The smallest absolute Gasteiger partial charge is 0.328 e. The van der Waals surface area contributed by atoms with Crippen LogP contribution in [0.3, 0.4) is 0 Å². The van der Waals surface area contributed by atoms with E-state index < -0.39 is 6.04 Å². The van der Waals surface area contributed by atoms with E-state index in [-0.39, 0.29) is 11.9 Å². The minimum absolute atomic E-state index is 0.0578. The second kappa shape index (κ2) is 6.55. The summed E-state index contributed by atoms with van der Waals surface area (Å²) in [7, 11) is 1.37. The molecule has 1 heterocycles. The summed E-state index contributed by atoms with van der Waals surface area (Å²) in [6.45, 7) is 2.65. The average molecular weight is 275 g/mol. The summed E-state index contributed by atoms with van der Waals surface area (Å²) in [4.78, 5) is 26.3. The van der Waals surface area contributed by atoms with Gasteiger partial charge in [-0.15, -0.1) is 0 Å². The highest BCUT2D eigenvalue weighted by molar-refractivity contribution is 5.98. The predicted molar refractivity (Wildman–Crippen MR) is 76.5 cm³/mol. The second-order valence-electron chi connectivity index (χ2n) is 5.04. The fourth-order valence-electron chi connectivity index (χ4n) is 2.75. The summed E-state index contributed by atoms with van der Waals surface area (Å²) in [5.41, 5.74) is 1.72. The van der Waals surface area contributed by atoms with Crippen molar-refractivity contribution < 1.29 is 14.3 Å². The Balaban J connectivity index is 2.27. The topological polar surface area (TPSA) is 46.6 Å². The Morgan fingerprint density at radius 3 is 2.75 bits per heavy atom. The molecule has 0 spiro atoms. The van der Waals surface area contributed by atoms with E-state index in [1.165, 1.54) is 7.11 Å². The van der Waals surface area contributed by atoms with Gasteiger partial charge in [0.05, 0.1) is 7.11 Å². The van der Waals surface area contributed by atoms with Crippen LogP contribution in [0.4, 0.5) is 0 Å². The Labute approximate surface area is 119 Å². The van der Waals surface area contributed by atoms with Gasteiger partial charge in [-0.1, -0.05) is 25.1 Å². The van der Waals surface area contributed by atoms with Gasteiger partial charge in [-0.3, -0.25) is 4.79 Å². The fourth-order valence-corrected chi connectivity index (χ4v) is 2.75. The largest absolute Gasteiger partial charge is 0.467 e. The number of aryl methyl sites for hydroxylation is 1. The predicted octanol–water partition coefficient (Wildman–Crippen LogP) is 2.42. The standard InChI is InChI=1S/C16H21NO3/c1-3-12-8-4-5-9-13(12)15(18)17-11-7-6-10-14(17)16(19)20-2/h4-5,8-9,14H,3,6-7,10-11H2,1-2H3. The first kappa shape index (κ1) is 14.6. The minimum atomic E-state index is -0.439. The van der Waals surface area contributed by atoms with E-state index in [9.17, 15) is 9.59 Å². The van der Waals surface area contributed by atoms with Crippen molar-refractivity contribution in [1.82, 2.24) is 4.90 Å². The number of esters is 1. The first-order valence-corrected chi connectivity index (χ1v) is 7.15. The second-order valence-corrected chi connectivity index (χ2v) is 5.04. The molecule has 1 atom stereocenters. The Morgan fingerprint density at radius 2 is 2.05 bits per heavy atom. The Morgan fingerprint density at radius 1 is 1.30 bits per heavy atom. The monoisotopic (exact) mass is 275 g/mol. The van der Waals surface area contributed by atoms with E-state index in [1.54, 1.807) is 4.90 Å². The lowest BCUT2D eigenvalue weighted by atomic mass is 9.98. The van der Waals surface area contributed by atoms with Crippen LogP contribution >= 0.6 is 0 Å². The van der Waals surface area contributed by atoms with Crippen LogP contribution in [0.2, 0.25) is 0 Å². The number of hydrogen-bond acceptors (Lipinski definition) is 3. The van der Waals surface area contributed by atoms with E-state index in [4.69, 9.17) is 4.74 Å². The highest BCUT2D eigenvalue weighted by atomic mass is 16.5. The van der Waals surface area contributed by atoms with Gasteiger partial charge in [0.1, 0.15) is 6.04 Å². The van der Waals surface area contributed by atoms with E-state index in [1.807, 2.05) is 31.2 Å². The quantitative estimate of drug-likeness (QED) is 0.796. The number of carbonyl (C=O) groups excluding carboxylic acids is 2. The summed E-state index contributed by atoms with van der Waals surface area (Å²) >= 11 is 0. The lowest BCUT2D eigenvalue weighted by molar-refractivity contribution is -0.147. The summed E-state index contributed by atoms with van der Waals surface area (Å²) < 4.78 is 4.83. The summed E-state index contributed by atoms with van der Waals surface area (Å²) in [6.07, 6.45) is 3.39. The summed E-state index contributed by atoms with van der Waals surface area (Å²) in [6, 6.07) is 7.16. The van der Waals surface area contributed by atoms with Crippen LogP contribution < -0.4 is 0 Å². The SMILES string of the molecule is CCc1ccccc1C(=O)N1CCCCC1C(=O)OC. The lowest BCUT2D eigenvalue weighted by Gasteiger charge is -2.34. The molecule has 1 fully saturated rings. The van der Waals surface area contributed by atoms with Gasteiger partial charge in [0.25, 0.3) is 5.91 Å². The van der Waals surface area contributed by atoms with Crippen LogP contribution in [0.15, 0.2) is 24.3 Å². The minimum Gasteiger partial charge on any atom is -0.467 e. The normalized spacial score (nSPS) is 18.7. The van der Waals surface area contributed by atoms with Gasteiger partial charge in [0.15, 0.2) is 0 Å². The number of ether oxygens (including phenoxy) is 1. The molecule has 1 saturated heterocycles. The molecule has 4 nitrogen and oxygen atoms in total. The van der Waals surface area contributed by atoms with Crippen molar-refractivity contribution in [3.63, 3.8) is 0 Å². The number of methoxy groups -OCH3 is 1. The molecular weight excluding hydrogens is 254 g/mol. The van der Waals surface area contributed by atoms with Gasteiger partial charge >= 0.3 is 5.97 Å². The van der Waals surface area contributed by atoms with Gasteiger partial charge in [0, 0.05) is 12.1 Å². The van der Waals surface area contributed by atoms with Crippen molar-refractivity contribution in [1.29, 1.82) is 0 Å². The molecular formula is C16H21NO3. The van der Waals surface area contributed by atoms with E-state index in [0.29, 0.717) is 18.5 Å². The van der Waals surface area contributed by atoms with Crippen molar-refractivity contribution in [2.75, 3.05) is 13.7 Å². The van der Waals surface area contributed by atoms with Gasteiger partial charge in [0.2, 0.25) is 0 Å². The van der Waals surface area contributed by atoms with Crippen LogP contribution in [0.5, 0.6) is 0 Å². The maximum Gasteiger partial charge on any atom is 0.328 e. The zero-order chi connectivity index (χ0) is 14.5. The molecule has 1 aromatic carbocycles. The first-order chi connectivity index (χ1) is 9.69. The van der Waals surface area contributed by atoms with Gasteiger partial charge in [-0.25, -0.2) is 4.79 Å². The third kappa shape index (κ3) is 2.84. The Hall–Kier alpha value is -1.84. The molecule has 1 unspecified atom stereocenters. The zero-order valence-electron chi connectivity index (χ0n) is 12.1. The number of amides is 1. The number of piperidine rings is 1. The van der Waals surface area contributed by atoms with Crippen LogP contribution in [-0.4, -0.2) is 36.5 Å². The fraction of sp³-hybridized carbons (Fsp3) is 0.500. The number of likely N-dealkylation sites (tertiary alicyclic amines) is 1. The van der Waals surface area contributed by atoms with Gasteiger partial charge in [-0.05, 0) is 37.3 Å². The zero-order valence-corrected chi connectivity index (χ0v) is 12.1. The number of nitrogens with zero attached hydrogens (tertiary/aromatic N) is 1. The molecule has 0 N–H and O–H groups in total. The molecule has 0 aliphatic carbocycles. The molecule has 0 radical (unpaired) electrons. The molecule has 1 aliphatic rings. The molecule has 0 bridgehead atoms. The molecule has 0 saturated carbocycles. The van der Waals surface area contributed by atoms with Crippen LogP contribution in [0.25, 0.3) is 0 Å². The van der Waals surface area contributed by atoms with Crippen molar-refractivity contribution in [2.45, 2.75) is 38.6 Å². The maximum atomic E-state index is 12.7. The lowest BCUT2D eigenvalue weighted by Crippen LogP contribution is -2.48. The molecule has 1 aliphatic heterocycles. The van der Waals surface area contributed by atoms with E-state index >= 15 is 0 Å². The molecule has 2 rings (SSSR count). The van der Waals surface area contributed by atoms with Gasteiger partial charge in [-0.2, -0.15) is 0 Å². The molecule has 108 valence electrons. The third-order valence-corrected chi connectivity index (χ3v) is 3.87. The highest BCUT2D eigenvalue weighted by Gasteiger charge is 2.33. The highest BCUT2D eigenvalue weighted by Crippen LogP contribution is 2.22. The number of hydrogen-bond donors (Lipinski definition) is 0. The Kier molecular flexibility index (Phi) is 4.77. The third-order valence-electron chi connectivity index (χ3n) is 3.87. The molecule has 1 amide bonds. The summed E-state index contributed by atoms with van der Waals surface area (Å²) in [5.74, 6) is -0.371.